The van der Waals surface area contributed by atoms with Crippen LogP contribution in [0, 0.1) is 0 Å². The third-order valence-electron chi connectivity index (χ3n) is 4.68. The van der Waals surface area contributed by atoms with Crippen molar-refractivity contribution in [2.45, 2.75) is 89.4 Å². The molecule has 0 aromatic carbocycles. The number of nitrogens with one attached hydrogen (secondary N) is 1. The first-order chi connectivity index (χ1) is 8.28. The summed E-state index contributed by atoms with van der Waals surface area (Å²) in [5, 5.41) is 3.56. The molecule has 2 rings (SSSR count). The van der Waals surface area contributed by atoms with E-state index in [0.29, 0.717) is 17.7 Å². The smallest absolute Gasteiger partial charge is 0.0687 e. The first kappa shape index (κ1) is 13.4. The van der Waals surface area contributed by atoms with Gasteiger partial charge in [0, 0.05) is 6.04 Å². The molecule has 2 fully saturated rings. The first-order valence-electron chi connectivity index (χ1n) is 7.69. The van der Waals surface area contributed by atoms with Crippen molar-refractivity contribution in [2.75, 3.05) is 6.54 Å². The Balaban J connectivity index is 1.70. The molecule has 1 spiro atoms. The fourth-order valence-electron chi connectivity index (χ4n) is 3.61. The van der Waals surface area contributed by atoms with Crippen molar-refractivity contribution in [3.05, 3.63) is 0 Å². The molecule has 2 nitrogen and oxygen atoms in total. The van der Waals surface area contributed by atoms with E-state index in [1.807, 2.05) is 0 Å². The van der Waals surface area contributed by atoms with Gasteiger partial charge in [-0.05, 0) is 51.5 Å². The Hall–Kier alpha value is -0.0800. The highest BCUT2D eigenvalue weighted by Gasteiger charge is 2.41. The molecule has 1 heterocycles. The molecule has 0 bridgehead atoms. The van der Waals surface area contributed by atoms with E-state index in [-0.39, 0.29) is 0 Å². The monoisotopic (exact) mass is 239 g/mol. The van der Waals surface area contributed by atoms with E-state index in [1.165, 1.54) is 57.8 Å². The van der Waals surface area contributed by atoms with Gasteiger partial charge in [-0.3, -0.25) is 0 Å². The van der Waals surface area contributed by atoms with E-state index < -0.39 is 0 Å². The van der Waals surface area contributed by atoms with Gasteiger partial charge in [0.15, 0.2) is 0 Å². The van der Waals surface area contributed by atoms with E-state index in [0.717, 1.165) is 6.54 Å². The Morgan fingerprint density at radius 2 is 2.00 bits per heavy atom. The second kappa shape index (κ2) is 6.19. The largest absolute Gasteiger partial charge is 0.372 e. The van der Waals surface area contributed by atoms with Crippen molar-refractivity contribution in [2.24, 2.45) is 0 Å². The Bertz CT molecular complexity index is 223. The summed E-state index contributed by atoms with van der Waals surface area (Å²) in [4.78, 5) is 0. The van der Waals surface area contributed by atoms with Gasteiger partial charge in [-0.15, -0.1) is 0 Å². The molecule has 17 heavy (non-hydrogen) atoms. The number of rotatable bonds is 6. The molecule has 0 aromatic heterocycles. The minimum atomic E-state index is 0.324. The first-order valence-corrected chi connectivity index (χ1v) is 7.69. The molecule has 0 aromatic rings. The van der Waals surface area contributed by atoms with Crippen LogP contribution in [0.2, 0.25) is 0 Å². The fraction of sp³-hybridized carbons (Fsp3) is 1.00. The standard InChI is InChI=1S/C15H29NO/c1-3-13(16-4-2)7-8-14-9-12-15(17-14)10-5-6-11-15/h13-14,16H,3-12H2,1-2H3. The molecule has 2 heteroatoms. The SMILES string of the molecule is CCNC(CC)CCC1CCC2(CCCC2)O1. The zero-order valence-electron chi connectivity index (χ0n) is 11.6. The van der Waals surface area contributed by atoms with Crippen molar-refractivity contribution >= 4 is 0 Å². The van der Waals surface area contributed by atoms with Gasteiger partial charge in [0.25, 0.3) is 0 Å². The average Bonchev–Trinajstić information content (AvgIpc) is 2.96. The van der Waals surface area contributed by atoms with Gasteiger partial charge in [0.2, 0.25) is 0 Å². The summed E-state index contributed by atoms with van der Waals surface area (Å²) in [6, 6.07) is 0.698. The van der Waals surface area contributed by atoms with Crippen LogP contribution < -0.4 is 5.32 Å². The van der Waals surface area contributed by atoms with Crippen LogP contribution in [0.1, 0.15) is 71.6 Å². The Labute approximate surface area is 107 Å². The fourth-order valence-corrected chi connectivity index (χ4v) is 3.61. The molecule has 2 unspecified atom stereocenters. The second-order valence-electron chi connectivity index (χ2n) is 5.91. The van der Waals surface area contributed by atoms with Gasteiger partial charge in [-0.1, -0.05) is 26.7 Å². The summed E-state index contributed by atoms with van der Waals surface area (Å²) in [7, 11) is 0. The minimum Gasteiger partial charge on any atom is -0.372 e. The lowest BCUT2D eigenvalue weighted by Gasteiger charge is -2.24. The Kier molecular flexibility index (Phi) is 4.87. The van der Waals surface area contributed by atoms with Crippen molar-refractivity contribution in [1.82, 2.24) is 5.32 Å². The lowest BCUT2D eigenvalue weighted by Crippen LogP contribution is -2.30. The molecule has 0 radical (unpaired) electrons. The molecule has 100 valence electrons. The van der Waals surface area contributed by atoms with Gasteiger partial charge >= 0.3 is 0 Å². The van der Waals surface area contributed by atoms with E-state index in [1.54, 1.807) is 0 Å². The molecule has 1 N–H and O–H groups in total. The highest BCUT2D eigenvalue weighted by molar-refractivity contribution is 4.92. The lowest BCUT2D eigenvalue weighted by molar-refractivity contribution is -0.0401. The number of ether oxygens (including phenoxy) is 1. The topological polar surface area (TPSA) is 21.3 Å². The third kappa shape index (κ3) is 3.45. The van der Waals surface area contributed by atoms with Gasteiger partial charge in [0.1, 0.15) is 0 Å². The van der Waals surface area contributed by atoms with Crippen LogP contribution in [-0.4, -0.2) is 24.3 Å². The Morgan fingerprint density at radius 1 is 1.24 bits per heavy atom. The summed E-state index contributed by atoms with van der Waals surface area (Å²) in [5.74, 6) is 0. The summed E-state index contributed by atoms with van der Waals surface area (Å²) in [6.45, 7) is 5.57. The molecule has 1 aliphatic heterocycles. The van der Waals surface area contributed by atoms with E-state index in [2.05, 4.69) is 19.2 Å². The van der Waals surface area contributed by atoms with Gasteiger partial charge in [-0.2, -0.15) is 0 Å². The lowest BCUT2D eigenvalue weighted by atomic mass is 9.97. The van der Waals surface area contributed by atoms with Crippen molar-refractivity contribution < 1.29 is 4.74 Å². The Morgan fingerprint density at radius 3 is 2.65 bits per heavy atom. The maximum atomic E-state index is 6.36. The zero-order valence-corrected chi connectivity index (χ0v) is 11.6. The normalized spacial score (nSPS) is 28.9. The molecule has 1 aliphatic carbocycles. The average molecular weight is 239 g/mol. The van der Waals surface area contributed by atoms with Crippen LogP contribution in [0.25, 0.3) is 0 Å². The zero-order chi connectivity index (χ0) is 12.1. The maximum absolute atomic E-state index is 6.36. The third-order valence-corrected chi connectivity index (χ3v) is 4.68. The molecular weight excluding hydrogens is 210 g/mol. The van der Waals surface area contributed by atoms with E-state index in [9.17, 15) is 0 Å². The summed E-state index contributed by atoms with van der Waals surface area (Å²) in [6.07, 6.45) is 12.4. The molecular formula is C15H29NO. The van der Waals surface area contributed by atoms with Crippen molar-refractivity contribution in [3.63, 3.8) is 0 Å². The maximum Gasteiger partial charge on any atom is 0.0687 e. The van der Waals surface area contributed by atoms with E-state index in [4.69, 9.17) is 4.74 Å². The molecule has 2 atom stereocenters. The molecule has 1 saturated carbocycles. The van der Waals surface area contributed by atoms with Crippen LogP contribution >= 0.6 is 0 Å². The highest BCUT2D eigenvalue weighted by atomic mass is 16.5. The summed E-state index contributed by atoms with van der Waals surface area (Å²) in [5.41, 5.74) is 0.324. The van der Waals surface area contributed by atoms with Crippen LogP contribution in [-0.2, 0) is 4.74 Å². The molecule has 1 saturated heterocycles. The van der Waals surface area contributed by atoms with Crippen LogP contribution in [0.4, 0.5) is 0 Å². The minimum absolute atomic E-state index is 0.324. The summed E-state index contributed by atoms with van der Waals surface area (Å²) >= 11 is 0. The molecule has 0 amide bonds. The summed E-state index contributed by atoms with van der Waals surface area (Å²) < 4.78 is 6.36. The van der Waals surface area contributed by atoms with Crippen molar-refractivity contribution in [3.8, 4) is 0 Å². The van der Waals surface area contributed by atoms with Gasteiger partial charge in [-0.25, -0.2) is 0 Å². The van der Waals surface area contributed by atoms with Crippen molar-refractivity contribution in [1.29, 1.82) is 0 Å². The predicted molar refractivity (Wildman–Crippen MR) is 72.3 cm³/mol. The predicted octanol–water partition coefficient (Wildman–Crippen LogP) is 3.65. The van der Waals surface area contributed by atoms with Crippen LogP contribution in [0.3, 0.4) is 0 Å². The van der Waals surface area contributed by atoms with E-state index >= 15 is 0 Å². The van der Waals surface area contributed by atoms with Crippen LogP contribution in [0.15, 0.2) is 0 Å². The second-order valence-corrected chi connectivity index (χ2v) is 5.91. The van der Waals surface area contributed by atoms with Gasteiger partial charge in [0.05, 0.1) is 11.7 Å². The quantitative estimate of drug-likeness (QED) is 0.764. The number of hydrogen-bond acceptors (Lipinski definition) is 2. The molecule has 2 aliphatic rings. The highest BCUT2D eigenvalue weighted by Crippen LogP contribution is 2.44. The van der Waals surface area contributed by atoms with Crippen LogP contribution in [0.5, 0.6) is 0 Å². The van der Waals surface area contributed by atoms with Gasteiger partial charge < -0.3 is 10.1 Å². The number of hydrogen-bond donors (Lipinski definition) is 1.